The molecule has 8 nitrogen and oxygen atoms in total. The van der Waals surface area contributed by atoms with Gasteiger partial charge in [-0.25, -0.2) is 9.97 Å². The number of rotatable bonds is 6. The summed E-state index contributed by atoms with van der Waals surface area (Å²) in [4.78, 5) is 28.6. The summed E-state index contributed by atoms with van der Waals surface area (Å²) in [7, 11) is 4.00. The standard InChI is InChI=1S/C21H27N7O/c1-27(2)17-7-3-5-15(11-17)23-12-19(29)26-16-6-4-10-28(13-16)21-18-8-9-22-20(18)24-14-25-21/h3,5,7-9,11,14,16,23H,4,6,10,12-13H2,1-2H3,(H,26,29)(H,22,24,25)/t16-/m0/s1. The van der Waals surface area contributed by atoms with Gasteiger partial charge >= 0.3 is 0 Å². The first-order chi connectivity index (χ1) is 14.1. The fraction of sp³-hybridized carbons (Fsp3) is 0.381. The van der Waals surface area contributed by atoms with Crippen molar-refractivity contribution in [1.82, 2.24) is 20.3 Å². The maximum absolute atomic E-state index is 12.5. The molecule has 0 bridgehead atoms. The zero-order valence-corrected chi connectivity index (χ0v) is 16.9. The predicted octanol–water partition coefficient (Wildman–Crippen LogP) is 2.22. The molecule has 4 rings (SSSR count). The Morgan fingerprint density at radius 3 is 3.07 bits per heavy atom. The van der Waals surface area contributed by atoms with E-state index >= 15 is 0 Å². The van der Waals surface area contributed by atoms with E-state index in [0.29, 0.717) is 0 Å². The number of carbonyl (C=O) groups is 1. The largest absolute Gasteiger partial charge is 0.378 e. The fourth-order valence-electron chi connectivity index (χ4n) is 3.75. The Morgan fingerprint density at radius 2 is 2.21 bits per heavy atom. The van der Waals surface area contributed by atoms with Gasteiger partial charge in [0.05, 0.1) is 11.9 Å². The Bertz CT molecular complexity index is 984. The van der Waals surface area contributed by atoms with Crippen molar-refractivity contribution in [3.8, 4) is 0 Å². The molecule has 1 aliphatic rings. The lowest BCUT2D eigenvalue weighted by molar-refractivity contribution is -0.120. The second-order valence-electron chi connectivity index (χ2n) is 7.59. The number of hydrogen-bond acceptors (Lipinski definition) is 6. The number of anilines is 3. The third-order valence-electron chi connectivity index (χ3n) is 5.23. The summed E-state index contributed by atoms with van der Waals surface area (Å²) in [6, 6.07) is 10.1. The highest BCUT2D eigenvalue weighted by Gasteiger charge is 2.23. The zero-order valence-electron chi connectivity index (χ0n) is 16.9. The van der Waals surface area contributed by atoms with Crippen LogP contribution in [-0.2, 0) is 4.79 Å². The van der Waals surface area contributed by atoms with E-state index in [4.69, 9.17) is 0 Å². The summed E-state index contributed by atoms with van der Waals surface area (Å²) >= 11 is 0. The van der Waals surface area contributed by atoms with Crippen molar-refractivity contribution in [2.75, 3.05) is 48.8 Å². The number of benzene rings is 1. The van der Waals surface area contributed by atoms with E-state index in [9.17, 15) is 4.79 Å². The van der Waals surface area contributed by atoms with E-state index < -0.39 is 0 Å². The van der Waals surface area contributed by atoms with Crippen LogP contribution in [0, 0.1) is 0 Å². The third kappa shape index (κ3) is 4.42. The first-order valence-corrected chi connectivity index (χ1v) is 9.94. The van der Waals surface area contributed by atoms with E-state index in [2.05, 4.69) is 30.5 Å². The smallest absolute Gasteiger partial charge is 0.239 e. The molecule has 29 heavy (non-hydrogen) atoms. The lowest BCUT2D eigenvalue weighted by Gasteiger charge is -2.34. The van der Waals surface area contributed by atoms with Gasteiger partial charge in [0.25, 0.3) is 0 Å². The highest BCUT2D eigenvalue weighted by molar-refractivity contribution is 5.87. The van der Waals surface area contributed by atoms with Crippen molar-refractivity contribution in [1.29, 1.82) is 0 Å². The number of H-pyrrole nitrogens is 1. The highest BCUT2D eigenvalue weighted by Crippen LogP contribution is 2.25. The highest BCUT2D eigenvalue weighted by atomic mass is 16.2. The van der Waals surface area contributed by atoms with Gasteiger partial charge < -0.3 is 25.4 Å². The van der Waals surface area contributed by atoms with Gasteiger partial charge in [0.1, 0.15) is 17.8 Å². The van der Waals surface area contributed by atoms with Gasteiger partial charge in [-0.05, 0) is 37.1 Å². The summed E-state index contributed by atoms with van der Waals surface area (Å²) in [5.41, 5.74) is 2.87. The topological polar surface area (TPSA) is 89.2 Å². The lowest BCUT2D eigenvalue weighted by atomic mass is 10.1. The molecule has 0 radical (unpaired) electrons. The van der Waals surface area contributed by atoms with Gasteiger partial charge in [-0.15, -0.1) is 0 Å². The maximum atomic E-state index is 12.5. The van der Waals surface area contributed by atoms with Crippen molar-refractivity contribution >= 4 is 34.1 Å². The number of hydrogen-bond donors (Lipinski definition) is 3. The SMILES string of the molecule is CN(C)c1cccc(NCC(=O)N[C@H]2CCCN(c3ncnc4[nH]ccc34)C2)c1. The van der Waals surface area contributed by atoms with Crippen LogP contribution in [0.1, 0.15) is 12.8 Å². The lowest BCUT2D eigenvalue weighted by Crippen LogP contribution is -2.49. The van der Waals surface area contributed by atoms with Crippen LogP contribution in [0.4, 0.5) is 17.2 Å². The van der Waals surface area contributed by atoms with Crippen LogP contribution in [0.25, 0.3) is 11.0 Å². The predicted molar refractivity (Wildman–Crippen MR) is 117 cm³/mol. The van der Waals surface area contributed by atoms with Crippen LogP contribution in [0.5, 0.6) is 0 Å². The maximum Gasteiger partial charge on any atom is 0.239 e. The van der Waals surface area contributed by atoms with Gasteiger partial charge in [-0.3, -0.25) is 4.79 Å². The molecule has 1 saturated heterocycles. The van der Waals surface area contributed by atoms with Crippen molar-refractivity contribution in [3.05, 3.63) is 42.9 Å². The molecule has 0 spiro atoms. The molecule has 152 valence electrons. The number of aromatic nitrogens is 3. The van der Waals surface area contributed by atoms with Gasteiger partial charge in [-0.2, -0.15) is 0 Å². The molecule has 1 aromatic carbocycles. The minimum Gasteiger partial charge on any atom is -0.378 e. The molecule has 1 aliphatic heterocycles. The molecule has 0 saturated carbocycles. The second-order valence-corrected chi connectivity index (χ2v) is 7.59. The number of fused-ring (bicyclic) bond motifs is 1. The molecule has 0 aliphatic carbocycles. The van der Waals surface area contributed by atoms with E-state index in [1.165, 1.54) is 0 Å². The van der Waals surface area contributed by atoms with Crippen molar-refractivity contribution in [2.45, 2.75) is 18.9 Å². The Kier molecular flexibility index (Phi) is 5.50. The number of nitrogens with zero attached hydrogens (tertiary/aromatic N) is 4. The first-order valence-electron chi connectivity index (χ1n) is 9.94. The van der Waals surface area contributed by atoms with Crippen LogP contribution in [0.2, 0.25) is 0 Å². The Hall–Kier alpha value is -3.29. The average Bonchev–Trinajstić information content (AvgIpc) is 3.21. The molecule has 3 aromatic rings. The number of nitrogens with one attached hydrogen (secondary N) is 3. The van der Waals surface area contributed by atoms with Crippen LogP contribution in [0.15, 0.2) is 42.9 Å². The van der Waals surface area contributed by atoms with E-state index in [-0.39, 0.29) is 18.5 Å². The monoisotopic (exact) mass is 393 g/mol. The minimum atomic E-state index is 0.00147. The summed E-state index contributed by atoms with van der Waals surface area (Å²) in [6.45, 7) is 1.93. The van der Waals surface area contributed by atoms with Gasteiger partial charge in [0, 0.05) is 50.8 Å². The van der Waals surface area contributed by atoms with Crippen molar-refractivity contribution in [2.24, 2.45) is 0 Å². The van der Waals surface area contributed by atoms with E-state index in [1.807, 2.05) is 55.5 Å². The summed E-state index contributed by atoms with van der Waals surface area (Å²) in [5, 5.41) is 7.39. The van der Waals surface area contributed by atoms with Gasteiger partial charge in [0.15, 0.2) is 0 Å². The number of aromatic amines is 1. The molecule has 2 aromatic heterocycles. The minimum absolute atomic E-state index is 0.00147. The summed E-state index contributed by atoms with van der Waals surface area (Å²) in [5.74, 6) is 0.926. The zero-order chi connectivity index (χ0) is 20.2. The second kappa shape index (κ2) is 8.38. The molecule has 1 fully saturated rings. The van der Waals surface area contributed by atoms with Crippen molar-refractivity contribution in [3.63, 3.8) is 0 Å². The molecular formula is C21H27N7O. The van der Waals surface area contributed by atoms with Crippen LogP contribution >= 0.6 is 0 Å². The van der Waals surface area contributed by atoms with Crippen LogP contribution in [0.3, 0.4) is 0 Å². The van der Waals surface area contributed by atoms with Gasteiger partial charge in [-0.1, -0.05) is 6.07 Å². The number of carbonyl (C=O) groups excluding carboxylic acids is 1. The van der Waals surface area contributed by atoms with E-state index in [0.717, 1.165) is 54.2 Å². The number of piperidine rings is 1. The molecule has 3 heterocycles. The number of amides is 1. The molecular weight excluding hydrogens is 366 g/mol. The first kappa shape index (κ1) is 19.0. The Labute approximate surface area is 170 Å². The average molecular weight is 393 g/mol. The molecule has 1 amide bonds. The molecule has 0 unspecified atom stereocenters. The quantitative estimate of drug-likeness (QED) is 0.595. The van der Waals surface area contributed by atoms with Crippen molar-refractivity contribution < 1.29 is 4.79 Å². The van der Waals surface area contributed by atoms with Gasteiger partial charge in [0.2, 0.25) is 5.91 Å². The van der Waals surface area contributed by atoms with E-state index in [1.54, 1.807) is 6.33 Å². The van der Waals surface area contributed by atoms with Crippen LogP contribution in [-0.4, -0.2) is 60.6 Å². The third-order valence-corrected chi connectivity index (χ3v) is 5.23. The Balaban J connectivity index is 1.34. The Morgan fingerprint density at radius 1 is 1.31 bits per heavy atom. The molecule has 3 N–H and O–H groups in total. The summed E-state index contributed by atoms with van der Waals surface area (Å²) < 4.78 is 0. The molecule has 8 heteroatoms. The fourth-order valence-corrected chi connectivity index (χ4v) is 3.75. The van der Waals surface area contributed by atoms with Crippen LogP contribution < -0.4 is 20.4 Å². The molecule has 1 atom stereocenters. The summed E-state index contributed by atoms with van der Waals surface area (Å²) in [6.07, 6.45) is 5.45. The normalized spacial score (nSPS) is 16.6.